The van der Waals surface area contributed by atoms with Gasteiger partial charge in [0.2, 0.25) is 0 Å². The number of benzene rings is 2. The molecule has 0 amide bonds. The van der Waals surface area contributed by atoms with Crippen molar-refractivity contribution < 1.29 is 19.2 Å². The van der Waals surface area contributed by atoms with Crippen LogP contribution < -0.4 is 10.2 Å². The van der Waals surface area contributed by atoms with E-state index in [4.69, 9.17) is 14.8 Å². The van der Waals surface area contributed by atoms with Gasteiger partial charge in [-0.1, -0.05) is 30.3 Å². The molecule has 0 radical (unpaired) electrons. The molecule has 2 rings (SSSR count). The molecule has 0 unspecified atom stereocenters. The first-order chi connectivity index (χ1) is 9.08. The lowest BCUT2D eigenvalue weighted by Crippen LogP contribution is -2.29. The van der Waals surface area contributed by atoms with Gasteiger partial charge in [-0.2, -0.15) is 0 Å². The van der Waals surface area contributed by atoms with E-state index in [9.17, 15) is 4.39 Å². The first-order valence-electron chi connectivity index (χ1n) is 5.91. The molecule has 0 aromatic heterocycles. The topological polar surface area (TPSA) is 49.7 Å². The minimum absolute atomic E-state index is 0.133. The fourth-order valence-corrected chi connectivity index (χ4v) is 1.72. The van der Waals surface area contributed by atoms with E-state index in [1.165, 1.54) is 0 Å². The van der Waals surface area contributed by atoms with Crippen LogP contribution >= 0.6 is 0 Å². The summed E-state index contributed by atoms with van der Waals surface area (Å²) in [5.41, 5.74) is 1.46. The second-order valence-corrected chi connectivity index (χ2v) is 4.28. The van der Waals surface area contributed by atoms with E-state index in [1.807, 2.05) is 0 Å². The average molecular weight is 260 g/mol. The van der Waals surface area contributed by atoms with Crippen LogP contribution in [0, 0.1) is 12.7 Å². The van der Waals surface area contributed by atoms with Gasteiger partial charge in [-0.25, -0.2) is 4.39 Å². The Bertz CT molecular complexity index is 555. The molecule has 0 heterocycles. The normalized spacial score (nSPS) is 10.3. The number of hydrogen-bond acceptors (Lipinski definition) is 3. The van der Waals surface area contributed by atoms with E-state index in [0.717, 1.165) is 0 Å². The fraction of sp³-hybridized carbons (Fsp3) is 0.143. The first-order valence-corrected chi connectivity index (χ1v) is 5.91. The molecular weight excluding hydrogens is 246 g/mol. The molecule has 0 atom stereocenters. The third-order valence-corrected chi connectivity index (χ3v) is 2.84. The molecule has 0 aliphatic heterocycles. The van der Waals surface area contributed by atoms with Crippen LogP contribution in [0.15, 0.2) is 42.5 Å². The van der Waals surface area contributed by atoms with Crippen LogP contribution in [0.3, 0.4) is 0 Å². The van der Waals surface area contributed by atoms with E-state index in [1.54, 1.807) is 49.4 Å². The summed E-state index contributed by atoms with van der Waals surface area (Å²) in [6, 6.07) is 11.5. The van der Waals surface area contributed by atoms with Crippen molar-refractivity contribution in [3.63, 3.8) is 0 Å². The predicted molar refractivity (Wildman–Crippen MR) is 71.7 cm³/mol. The molecule has 2 N–H and O–H groups in total. The maximum atomic E-state index is 13.7. The van der Waals surface area contributed by atoms with Crippen LogP contribution in [-0.2, 0) is 6.61 Å². The summed E-state index contributed by atoms with van der Waals surface area (Å²) in [6.07, 6.45) is 0. The smallest absolute Gasteiger partial charge is 0.488 e. The fourth-order valence-electron chi connectivity index (χ4n) is 1.72. The highest BCUT2D eigenvalue weighted by Crippen LogP contribution is 2.15. The Morgan fingerprint density at radius 1 is 1.11 bits per heavy atom. The first kappa shape index (κ1) is 13.6. The summed E-state index contributed by atoms with van der Waals surface area (Å²) in [7, 11) is -1.50. The molecule has 0 aliphatic rings. The predicted octanol–water partition coefficient (Wildman–Crippen LogP) is 1.39. The zero-order valence-corrected chi connectivity index (χ0v) is 10.5. The minimum atomic E-state index is -1.50. The van der Waals surface area contributed by atoms with E-state index < -0.39 is 7.12 Å². The third-order valence-electron chi connectivity index (χ3n) is 2.84. The van der Waals surface area contributed by atoms with Crippen molar-refractivity contribution in [2.45, 2.75) is 13.5 Å². The summed E-state index contributed by atoms with van der Waals surface area (Å²) >= 11 is 0. The molecule has 0 bridgehead atoms. The minimum Gasteiger partial charge on any atom is -0.489 e. The third kappa shape index (κ3) is 3.33. The Morgan fingerprint density at radius 3 is 2.42 bits per heavy atom. The average Bonchev–Trinajstić information content (AvgIpc) is 2.41. The Hall–Kier alpha value is -1.85. The van der Waals surface area contributed by atoms with Gasteiger partial charge in [-0.05, 0) is 30.1 Å². The Morgan fingerprint density at radius 2 is 1.79 bits per heavy atom. The van der Waals surface area contributed by atoms with Gasteiger partial charge in [0.15, 0.2) is 0 Å². The van der Waals surface area contributed by atoms with Gasteiger partial charge in [-0.3, -0.25) is 0 Å². The van der Waals surface area contributed by atoms with Gasteiger partial charge in [0.25, 0.3) is 0 Å². The molecular formula is C14H14BFO3. The van der Waals surface area contributed by atoms with E-state index in [-0.39, 0.29) is 12.4 Å². The molecule has 0 spiro atoms. The lowest BCUT2D eigenvalue weighted by Gasteiger charge is -2.09. The number of hydrogen-bond donors (Lipinski definition) is 2. The standard InChI is InChI=1S/C14H14BFO3/c1-10-3-2-4-11(14(10)16)9-19-13-7-5-12(6-8-13)15(17)18/h2-8,17-18H,9H2,1H3. The van der Waals surface area contributed by atoms with Crippen molar-refractivity contribution in [1.29, 1.82) is 0 Å². The molecule has 19 heavy (non-hydrogen) atoms. The summed E-state index contributed by atoms with van der Waals surface area (Å²) < 4.78 is 19.2. The highest BCUT2D eigenvalue weighted by Gasteiger charge is 2.10. The molecule has 2 aromatic rings. The van der Waals surface area contributed by atoms with Crippen LogP contribution in [0.1, 0.15) is 11.1 Å². The molecule has 0 saturated carbocycles. The van der Waals surface area contributed by atoms with Gasteiger partial charge in [0.1, 0.15) is 18.2 Å². The van der Waals surface area contributed by atoms with Crippen LogP contribution in [0.4, 0.5) is 4.39 Å². The van der Waals surface area contributed by atoms with Crippen LogP contribution in [0.25, 0.3) is 0 Å². The summed E-state index contributed by atoms with van der Waals surface area (Å²) in [4.78, 5) is 0. The van der Waals surface area contributed by atoms with Gasteiger partial charge in [0.05, 0.1) is 0 Å². The molecule has 0 fully saturated rings. The Kier molecular flexibility index (Phi) is 4.19. The van der Waals surface area contributed by atoms with Crippen molar-refractivity contribution in [2.75, 3.05) is 0 Å². The number of aryl methyl sites for hydroxylation is 1. The summed E-state index contributed by atoms with van der Waals surface area (Å²) in [5.74, 6) is 0.287. The van der Waals surface area contributed by atoms with Crippen molar-refractivity contribution in [2.24, 2.45) is 0 Å². The Labute approximate surface area is 111 Å². The summed E-state index contributed by atoms with van der Waals surface area (Å²) in [6.45, 7) is 1.84. The van der Waals surface area contributed by atoms with E-state index >= 15 is 0 Å². The largest absolute Gasteiger partial charge is 0.489 e. The van der Waals surface area contributed by atoms with Gasteiger partial charge in [0, 0.05) is 5.56 Å². The SMILES string of the molecule is Cc1cccc(COc2ccc(B(O)O)cc2)c1F. The number of rotatable bonds is 4. The molecule has 3 nitrogen and oxygen atoms in total. The zero-order chi connectivity index (χ0) is 13.8. The maximum Gasteiger partial charge on any atom is 0.488 e. The highest BCUT2D eigenvalue weighted by atomic mass is 19.1. The summed E-state index contributed by atoms with van der Waals surface area (Å²) in [5, 5.41) is 17.9. The van der Waals surface area contributed by atoms with E-state index in [0.29, 0.717) is 22.3 Å². The quantitative estimate of drug-likeness (QED) is 0.817. The zero-order valence-electron chi connectivity index (χ0n) is 10.5. The van der Waals surface area contributed by atoms with Crippen LogP contribution in [0.5, 0.6) is 5.75 Å². The Balaban J connectivity index is 2.04. The number of ether oxygens (including phenoxy) is 1. The highest BCUT2D eigenvalue weighted by molar-refractivity contribution is 6.58. The lowest BCUT2D eigenvalue weighted by atomic mass is 9.80. The maximum absolute atomic E-state index is 13.7. The molecule has 5 heteroatoms. The van der Waals surface area contributed by atoms with Crippen molar-refractivity contribution >= 4 is 12.6 Å². The van der Waals surface area contributed by atoms with Crippen LogP contribution in [-0.4, -0.2) is 17.2 Å². The van der Waals surface area contributed by atoms with Crippen LogP contribution in [0.2, 0.25) is 0 Å². The molecule has 0 saturated heterocycles. The van der Waals surface area contributed by atoms with Gasteiger partial charge in [-0.15, -0.1) is 0 Å². The number of halogens is 1. The molecule has 0 aliphatic carbocycles. The monoisotopic (exact) mass is 260 g/mol. The van der Waals surface area contributed by atoms with Crippen molar-refractivity contribution in [3.8, 4) is 5.75 Å². The van der Waals surface area contributed by atoms with Crippen molar-refractivity contribution in [3.05, 3.63) is 59.4 Å². The van der Waals surface area contributed by atoms with Crippen molar-refractivity contribution in [1.82, 2.24) is 0 Å². The molecule has 2 aromatic carbocycles. The molecule has 98 valence electrons. The second kappa shape index (κ2) is 5.86. The second-order valence-electron chi connectivity index (χ2n) is 4.28. The van der Waals surface area contributed by atoms with E-state index in [2.05, 4.69) is 0 Å². The van der Waals surface area contributed by atoms with Gasteiger partial charge < -0.3 is 14.8 Å². The lowest BCUT2D eigenvalue weighted by molar-refractivity contribution is 0.299. The van der Waals surface area contributed by atoms with Gasteiger partial charge >= 0.3 is 7.12 Å².